The van der Waals surface area contributed by atoms with Crippen LogP contribution in [0, 0.1) is 5.92 Å². The van der Waals surface area contributed by atoms with Crippen molar-refractivity contribution in [3.63, 3.8) is 0 Å². The van der Waals surface area contributed by atoms with E-state index in [1.54, 1.807) is 6.92 Å². The predicted molar refractivity (Wildman–Crippen MR) is 144 cm³/mol. The van der Waals surface area contributed by atoms with Gasteiger partial charge in [0.15, 0.2) is 18.3 Å². The molecule has 0 radical (unpaired) electrons. The molecule has 4 aromatic rings. The van der Waals surface area contributed by atoms with Crippen molar-refractivity contribution in [3.05, 3.63) is 96.4 Å². The van der Waals surface area contributed by atoms with E-state index >= 15 is 0 Å². The summed E-state index contributed by atoms with van der Waals surface area (Å²) < 4.78 is 17.1. The highest BCUT2D eigenvalue weighted by Gasteiger charge is 2.29. The summed E-state index contributed by atoms with van der Waals surface area (Å²) in [6.07, 6.45) is 5.42. The van der Waals surface area contributed by atoms with Crippen molar-refractivity contribution in [2.75, 3.05) is 13.2 Å². The van der Waals surface area contributed by atoms with Crippen LogP contribution in [0.1, 0.15) is 50.0 Å². The molecule has 2 unspecified atom stereocenters. The zero-order valence-electron chi connectivity index (χ0n) is 21.3. The maximum absolute atomic E-state index is 11.6. The van der Waals surface area contributed by atoms with Gasteiger partial charge in [-0.3, -0.25) is 0 Å². The Hall–Kier alpha value is -3.86. The van der Waals surface area contributed by atoms with E-state index in [1.807, 2.05) is 54.6 Å². The van der Waals surface area contributed by atoms with Crippen molar-refractivity contribution >= 4 is 5.97 Å². The lowest BCUT2D eigenvalue weighted by molar-refractivity contribution is -0.145. The summed E-state index contributed by atoms with van der Waals surface area (Å²) in [6.45, 7) is 2.08. The molecule has 0 bridgehead atoms. The van der Waals surface area contributed by atoms with Crippen LogP contribution in [0.3, 0.4) is 0 Å². The van der Waals surface area contributed by atoms with Gasteiger partial charge in [0, 0.05) is 17.0 Å². The fourth-order valence-electron chi connectivity index (χ4n) is 5.23. The van der Waals surface area contributed by atoms with Gasteiger partial charge in [-0.15, -0.1) is 0 Å². The Bertz CT molecular complexity index is 1240. The molecule has 37 heavy (non-hydrogen) atoms. The van der Waals surface area contributed by atoms with Gasteiger partial charge in [-0.1, -0.05) is 85.6 Å². The summed E-state index contributed by atoms with van der Waals surface area (Å²) in [5.41, 5.74) is 4.25. The molecular weight excluding hydrogens is 462 g/mol. The third kappa shape index (κ3) is 6.29. The lowest BCUT2D eigenvalue weighted by Gasteiger charge is -2.27. The van der Waals surface area contributed by atoms with Gasteiger partial charge >= 0.3 is 5.97 Å². The van der Waals surface area contributed by atoms with E-state index in [-0.39, 0.29) is 12.6 Å². The zero-order chi connectivity index (χ0) is 25.5. The normalized spacial score (nSPS) is 17.3. The summed E-state index contributed by atoms with van der Waals surface area (Å²) in [4.78, 5) is 16.7. The van der Waals surface area contributed by atoms with Crippen LogP contribution >= 0.6 is 0 Å². The maximum Gasteiger partial charge on any atom is 0.344 e. The smallest absolute Gasteiger partial charge is 0.344 e. The Kier molecular flexibility index (Phi) is 7.99. The standard InChI is InChI=1S/C32H33NO4/c1-2-35-29(34)22-36-28-18-10-12-24(21-28)19-23-11-9-17-27(20-23)32-33-30(25-13-5-3-6-14-25)31(37-32)26-15-7-4-8-16-26/h3-8,10,12-16,18,21,23,27H,2,9,11,17,19-20,22H2,1H3. The monoisotopic (exact) mass is 495 g/mol. The van der Waals surface area contributed by atoms with E-state index < -0.39 is 0 Å². The first-order valence-electron chi connectivity index (χ1n) is 13.2. The van der Waals surface area contributed by atoms with Gasteiger partial charge in [-0.05, 0) is 49.8 Å². The van der Waals surface area contributed by atoms with E-state index in [1.165, 1.54) is 12.0 Å². The maximum atomic E-state index is 11.6. The fourth-order valence-corrected chi connectivity index (χ4v) is 5.23. The van der Waals surface area contributed by atoms with Gasteiger partial charge in [0.1, 0.15) is 11.4 Å². The van der Waals surface area contributed by atoms with E-state index in [0.29, 0.717) is 24.2 Å². The number of carbonyl (C=O) groups is 1. The number of esters is 1. The second-order valence-electron chi connectivity index (χ2n) is 9.64. The highest BCUT2D eigenvalue weighted by Crippen LogP contribution is 2.41. The minimum Gasteiger partial charge on any atom is -0.482 e. The predicted octanol–water partition coefficient (Wildman–Crippen LogP) is 7.47. The van der Waals surface area contributed by atoms with Crippen LogP contribution in [-0.4, -0.2) is 24.2 Å². The van der Waals surface area contributed by atoms with Gasteiger partial charge in [0.2, 0.25) is 0 Å². The summed E-state index contributed by atoms with van der Waals surface area (Å²) >= 11 is 0. The number of hydrogen-bond donors (Lipinski definition) is 0. The second kappa shape index (κ2) is 11.9. The molecule has 0 amide bonds. The Labute approximate surface area is 218 Å². The van der Waals surface area contributed by atoms with Crippen LogP contribution in [-0.2, 0) is 16.0 Å². The zero-order valence-corrected chi connectivity index (χ0v) is 21.3. The quantitative estimate of drug-likeness (QED) is 0.225. The van der Waals surface area contributed by atoms with Crippen molar-refractivity contribution < 1.29 is 18.7 Å². The van der Waals surface area contributed by atoms with Crippen molar-refractivity contribution in [2.45, 2.75) is 44.9 Å². The van der Waals surface area contributed by atoms with Crippen molar-refractivity contribution in [2.24, 2.45) is 5.92 Å². The minimum atomic E-state index is -0.348. The molecule has 5 heteroatoms. The van der Waals surface area contributed by atoms with E-state index in [9.17, 15) is 4.79 Å². The minimum absolute atomic E-state index is 0.0690. The van der Waals surface area contributed by atoms with Crippen molar-refractivity contribution in [1.29, 1.82) is 0 Å². The van der Waals surface area contributed by atoms with Crippen LogP contribution in [0.2, 0.25) is 0 Å². The van der Waals surface area contributed by atoms with Crippen LogP contribution in [0.25, 0.3) is 22.6 Å². The summed E-state index contributed by atoms with van der Waals surface area (Å²) in [5.74, 6) is 2.86. The lowest BCUT2D eigenvalue weighted by atomic mass is 9.78. The Morgan fingerprint density at radius 2 is 1.70 bits per heavy atom. The van der Waals surface area contributed by atoms with Crippen LogP contribution < -0.4 is 4.74 Å². The average Bonchev–Trinajstić information content (AvgIpc) is 3.39. The molecule has 1 saturated carbocycles. The van der Waals surface area contributed by atoms with Gasteiger partial charge in [0.05, 0.1) is 6.61 Å². The summed E-state index contributed by atoms with van der Waals surface area (Å²) in [5, 5.41) is 0. The van der Waals surface area contributed by atoms with Crippen molar-refractivity contribution in [3.8, 4) is 28.3 Å². The molecular formula is C32H33NO4. The molecule has 5 rings (SSSR count). The number of rotatable bonds is 9. The molecule has 5 nitrogen and oxygen atoms in total. The first-order chi connectivity index (χ1) is 18.2. The molecule has 0 aliphatic heterocycles. The van der Waals surface area contributed by atoms with Crippen LogP contribution in [0.4, 0.5) is 0 Å². The lowest BCUT2D eigenvalue weighted by Crippen LogP contribution is -2.17. The number of nitrogens with zero attached hydrogens (tertiary/aromatic N) is 1. The molecule has 190 valence electrons. The molecule has 1 heterocycles. The van der Waals surface area contributed by atoms with Crippen LogP contribution in [0.5, 0.6) is 5.75 Å². The number of hydrogen-bond acceptors (Lipinski definition) is 5. The molecule has 1 aliphatic carbocycles. The van der Waals surface area contributed by atoms with Crippen LogP contribution in [0.15, 0.2) is 89.3 Å². The Morgan fingerprint density at radius 3 is 2.46 bits per heavy atom. The highest BCUT2D eigenvalue weighted by atomic mass is 16.6. The molecule has 1 aliphatic rings. The number of aromatic nitrogens is 1. The Balaban J connectivity index is 1.31. The first kappa shape index (κ1) is 24.8. The molecule has 0 saturated heterocycles. The summed E-state index contributed by atoms with van der Waals surface area (Å²) in [7, 11) is 0. The number of oxazole rings is 1. The van der Waals surface area contributed by atoms with Gasteiger partial charge in [-0.25, -0.2) is 9.78 Å². The number of carbonyl (C=O) groups excluding carboxylic acids is 1. The molecule has 1 fully saturated rings. The van der Waals surface area contributed by atoms with Gasteiger partial charge < -0.3 is 13.9 Å². The first-order valence-corrected chi connectivity index (χ1v) is 13.2. The second-order valence-corrected chi connectivity index (χ2v) is 9.64. The van der Waals surface area contributed by atoms with Gasteiger partial charge in [0.25, 0.3) is 0 Å². The molecule has 2 atom stereocenters. The molecule has 3 aromatic carbocycles. The average molecular weight is 496 g/mol. The van der Waals surface area contributed by atoms with E-state index in [4.69, 9.17) is 18.9 Å². The summed E-state index contributed by atoms with van der Waals surface area (Å²) in [6, 6.07) is 28.6. The number of benzene rings is 3. The topological polar surface area (TPSA) is 61.6 Å². The number of ether oxygens (including phenoxy) is 2. The largest absolute Gasteiger partial charge is 0.482 e. The van der Waals surface area contributed by atoms with E-state index in [2.05, 4.69) is 30.3 Å². The molecule has 0 spiro atoms. The molecule has 0 N–H and O–H groups in total. The molecule has 1 aromatic heterocycles. The Morgan fingerprint density at radius 1 is 0.946 bits per heavy atom. The van der Waals surface area contributed by atoms with Gasteiger partial charge in [-0.2, -0.15) is 0 Å². The fraction of sp³-hybridized carbons (Fsp3) is 0.312. The van der Waals surface area contributed by atoms with Crippen molar-refractivity contribution in [1.82, 2.24) is 4.98 Å². The highest BCUT2D eigenvalue weighted by molar-refractivity contribution is 5.76. The third-order valence-electron chi connectivity index (χ3n) is 6.94. The SMILES string of the molecule is CCOC(=O)COc1cccc(CC2CCCC(c3nc(-c4ccccc4)c(-c4ccccc4)o3)C2)c1. The third-order valence-corrected chi connectivity index (χ3v) is 6.94. The van der Waals surface area contributed by atoms with E-state index in [0.717, 1.165) is 54.2 Å².